The first kappa shape index (κ1) is 25.6. The van der Waals surface area contributed by atoms with Crippen LogP contribution in [0.5, 0.6) is 0 Å². The summed E-state index contributed by atoms with van der Waals surface area (Å²) >= 11 is 0. The van der Waals surface area contributed by atoms with E-state index in [4.69, 9.17) is 20.3 Å². The summed E-state index contributed by atoms with van der Waals surface area (Å²) in [5.41, 5.74) is 10.1. The van der Waals surface area contributed by atoms with E-state index < -0.39 is 18.3 Å². The molecular formula is C38H33BO3. The molecule has 1 saturated heterocycles. The summed E-state index contributed by atoms with van der Waals surface area (Å²) in [6, 6.07) is 32.7. The molecule has 2 heterocycles. The third-order valence-corrected chi connectivity index (χ3v) is 10.1. The maximum Gasteiger partial charge on any atom is 0.498 e. The van der Waals surface area contributed by atoms with E-state index in [1.807, 2.05) is 0 Å². The molecule has 1 fully saturated rings. The zero-order valence-electron chi connectivity index (χ0n) is 24.5. The van der Waals surface area contributed by atoms with Gasteiger partial charge in [-0.1, -0.05) is 104 Å². The van der Waals surface area contributed by atoms with E-state index in [0.717, 1.165) is 45.3 Å². The topological polar surface area (TPSA) is 31.6 Å². The van der Waals surface area contributed by atoms with Crippen molar-refractivity contribution >= 4 is 35.2 Å². The molecule has 4 heteroatoms. The van der Waals surface area contributed by atoms with Crippen molar-refractivity contribution in [3.8, 4) is 11.1 Å². The van der Waals surface area contributed by atoms with Crippen LogP contribution in [0.3, 0.4) is 0 Å². The number of allylic oxidation sites excluding steroid dienone is 1. The van der Waals surface area contributed by atoms with Crippen molar-refractivity contribution in [2.75, 3.05) is 0 Å². The number of hydrogen-bond acceptors (Lipinski definition) is 3. The molecule has 0 radical (unpaired) electrons. The van der Waals surface area contributed by atoms with Crippen LogP contribution in [-0.4, -0.2) is 18.3 Å². The van der Waals surface area contributed by atoms with Crippen molar-refractivity contribution in [3.63, 3.8) is 0 Å². The van der Waals surface area contributed by atoms with Gasteiger partial charge in [0.25, 0.3) is 0 Å². The summed E-state index contributed by atoms with van der Waals surface area (Å²) in [7, 11) is -0.516. The Bertz CT molecular complexity index is 1900. The van der Waals surface area contributed by atoms with Gasteiger partial charge in [0, 0.05) is 16.4 Å². The van der Waals surface area contributed by atoms with Crippen molar-refractivity contribution < 1.29 is 13.7 Å². The van der Waals surface area contributed by atoms with Gasteiger partial charge in [0.05, 0.1) is 16.6 Å². The van der Waals surface area contributed by atoms with Gasteiger partial charge < -0.3 is 13.7 Å². The maximum absolute atomic E-state index is 6.73. The maximum atomic E-state index is 6.73. The molecule has 1 aromatic heterocycles. The van der Waals surface area contributed by atoms with Crippen LogP contribution in [0.15, 0.2) is 108 Å². The quantitative estimate of drug-likeness (QED) is 0.197. The summed E-state index contributed by atoms with van der Waals surface area (Å²) in [5, 5.41) is 1.02. The molecule has 2 aliphatic carbocycles. The molecule has 0 unspecified atom stereocenters. The van der Waals surface area contributed by atoms with E-state index in [0.29, 0.717) is 0 Å². The number of fused-ring (bicyclic) bond motifs is 10. The van der Waals surface area contributed by atoms with Gasteiger partial charge in [0.2, 0.25) is 0 Å². The molecule has 1 spiro atoms. The molecule has 0 N–H and O–H groups in total. The van der Waals surface area contributed by atoms with Gasteiger partial charge in [-0.3, -0.25) is 0 Å². The molecule has 1 aliphatic heterocycles. The summed E-state index contributed by atoms with van der Waals surface area (Å²) in [4.78, 5) is 0. The first-order valence-electron chi connectivity index (χ1n) is 14.8. The molecule has 8 rings (SSSR count). The van der Waals surface area contributed by atoms with Crippen molar-refractivity contribution in [1.82, 2.24) is 0 Å². The Kier molecular flexibility index (Phi) is 5.30. The van der Waals surface area contributed by atoms with E-state index in [1.54, 1.807) is 0 Å². The van der Waals surface area contributed by atoms with Crippen LogP contribution < -0.4 is 5.46 Å². The van der Waals surface area contributed by atoms with E-state index in [9.17, 15) is 0 Å². The van der Waals surface area contributed by atoms with Crippen LogP contribution in [0.1, 0.15) is 67.7 Å². The van der Waals surface area contributed by atoms with Crippen LogP contribution in [-0.2, 0) is 14.7 Å². The van der Waals surface area contributed by atoms with Gasteiger partial charge in [-0.2, -0.15) is 0 Å². The largest absolute Gasteiger partial charge is 0.498 e. The predicted octanol–water partition coefficient (Wildman–Crippen LogP) is 8.53. The van der Waals surface area contributed by atoms with Gasteiger partial charge >= 0.3 is 7.12 Å². The predicted molar refractivity (Wildman–Crippen MR) is 172 cm³/mol. The summed E-state index contributed by atoms with van der Waals surface area (Å²) in [6.45, 7) is 13.1. The summed E-state index contributed by atoms with van der Waals surface area (Å²) < 4.78 is 19.6. The van der Waals surface area contributed by atoms with Gasteiger partial charge in [0.1, 0.15) is 11.3 Å². The minimum absolute atomic E-state index is 0.337. The number of rotatable bonds is 1. The van der Waals surface area contributed by atoms with Gasteiger partial charge in [0.15, 0.2) is 0 Å². The summed E-state index contributed by atoms with van der Waals surface area (Å²) in [5.74, 6) is 0.811. The molecule has 3 nitrogen and oxygen atoms in total. The Labute approximate surface area is 247 Å². The van der Waals surface area contributed by atoms with Crippen LogP contribution in [0.4, 0.5) is 0 Å². The van der Waals surface area contributed by atoms with E-state index >= 15 is 0 Å². The highest BCUT2D eigenvalue weighted by Gasteiger charge is 2.52. The highest BCUT2D eigenvalue weighted by Crippen LogP contribution is 2.56. The van der Waals surface area contributed by atoms with Crippen molar-refractivity contribution in [3.05, 3.63) is 137 Å². The lowest BCUT2D eigenvalue weighted by Crippen LogP contribution is -2.41. The fourth-order valence-electron chi connectivity index (χ4n) is 7.28. The highest BCUT2D eigenvalue weighted by atomic mass is 16.7. The second-order valence-electron chi connectivity index (χ2n) is 12.8. The number of para-hydroxylation sites is 1. The Balaban J connectivity index is 1.36. The fourth-order valence-corrected chi connectivity index (χ4v) is 7.28. The monoisotopic (exact) mass is 548 g/mol. The van der Waals surface area contributed by atoms with E-state index in [1.165, 1.54) is 27.8 Å². The molecule has 206 valence electrons. The second-order valence-corrected chi connectivity index (χ2v) is 12.8. The highest BCUT2D eigenvalue weighted by molar-refractivity contribution is 6.64. The summed E-state index contributed by atoms with van der Waals surface area (Å²) in [6.07, 6.45) is 5.22. The SMILES string of the molecule is C=C1c2ccccc2C2(C/C=C\c3oc4c(B5OC(C)(C)C(C)(C)O5)cccc4c31)c1ccccc1-c1ccccc12. The van der Waals surface area contributed by atoms with Crippen molar-refractivity contribution in [1.29, 1.82) is 0 Å². The third-order valence-electron chi connectivity index (χ3n) is 10.1. The van der Waals surface area contributed by atoms with E-state index in [2.05, 4.69) is 131 Å². The minimum atomic E-state index is -0.516. The van der Waals surface area contributed by atoms with Crippen LogP contribution >= 0.6 is 0 Å². The molecule has 4 aromatic carbocycles. The first-order valence-corrected chi connectivity index (χ1v) is 14.8. The molecule has 0 bridgehead atoms. The number of furan rings is 1. The zero-order chi connectivity index (χ0) is 28.9. The standard InChI is InChI=1S/C38H33BO3/c1-24-25-14-6-9-18-29(25)38(30-19-10-7-15-26(30)27-16-8-11-20-31(27)38)23-13-22-33-34(24)28-17-12-21-32(35(28)40-33)39-41-36(2,3)37(4,5)42-39/h6-22H,1,23H2,2-5H3/b22-13-. The average Bonchev–Trinajstić information content (AvgIpc) is 3.58. The lowest BCUT2D eigenvalue weighted by Gasteiger charge is -2.34. The molecule has 0 saturated carbocycles. The second kappa shape index (κ2) is 8.70. The fraction of sp³-hybridized carbons (Fsp3) is 0.211. The average molecular weight is 548 g/mol. The third kappa shape index (κ3) is 3.31. The normalized spacial score (nSPS) is 19.9. The molecule has 0 atom stereocenters. The smallest absolute Gasteiger partial charge is 0.456 e. The van der Waals surface area contributed by atoms with Crippen molar-refractivity contribution in [2.24, 2.45) is 0 Å². The Morgan fingerprint density at radius 3 is 1.83 bits per heavy atom. The molecule has 42 heavy (non-hydrogen) atoms. The number of benzene rings is 4. The Morgan fingerprint density at radius 2 is 1.21 bits per heavy atom. The molecule has 0 amide bonds. The van der Waals surface area contributed by atoms with Gasteiger partial charge in [-0.15, -0.1) is 0 Å². The van der Waals surface area contributed by atoms with Gasteiger partial charge in [-0.25, -0.2) is 0 Å². The van der Waals surface area contributed by atoms with Crippen LogP contribution in [0.2, 0.25) is 0 Å². The van der Waals surface area contributed by atoms with Gasteiger partial charge in [-0.05, 0) is 79.1 Å². The molecular weight excluding hydrogens is 515 g/mol. The van der Waals surface area contributed by atoms with E-state index in [-0.39, 0.29) is 5.41 Å². The van der Waals surface area contributed by atoms with Crippen molar-refractivity contribution in [2.45, 2.75) is 50.7 Å². The molecule has 3 aliphatic rings. The first-order chi connectivity index (χ1) is 20.2. The minimum Gasteiger partial charge on any atom is -0.456 e. The molecule has 5 aromatic rings. The Hall–Kier alpha value is -4.12. The lowest BCUT2D eigenvalue weighted by atomic mass is 9.68. The zero-order valence-corrected chi connectivity index (χ0v) is 24.5. The lowest BCUT2D eigenvalue weighted by molar-refractivity contribution is 0.00578. The number of hydrogen-bond donors (Lipinski definition) is 0. The van der Waals surface area contributed by atoms with Crippen LogP contribution in [0.25, 0.3) is 33.7 Å². The Morgan fingerprint density at radius 1 is 0.667 bits per heavy atom. The van der Waals surface area contributed by atoms with Crippen LogP contribution in [0, 0.1) is 0 Å².